The molecule has 0 saturated heterocycles. The van der Waals surface area contributed by atoms with Gasteiger partial charge in [0.25, 0.3) is 0 Å². The molecule has 0 radical (unpaired) electrons. The third-order valence-electron chi connectivity index (χ3n) is 2.70. The van der Waals surface area contributed by atoms with E-state index in [1.807, 2.05) is 0 Å². The van der Waals surface area contributed by atoms with Crippen molar-refractivity contribution in [3.05, 3.63) is 24.3 Å². The van der Waals surface area contributed by atoms with Gasteiger partial charge >= 0.3 is 0 Å². The van der Waals surface area contributed by atoms with E-state index in [2.05, 4.69) is 4.72 Å². The van der Waals surface area contributed by atoms with Gasteiger partial charge in [0, 0.05) is 6.54 Å². The standard InChI is InChI=1S/C10H14N2O4S2/c11-17(13,14)9-3-1-2-4-10(9)18(15,16)12-7-8-5-6-8/h1-4,8,12H,5-7H2,(H2,11,13,14). The van der Waals surface area contributed by atoms with E-state index in [4.69, 9.17) is 5.14 Å². The van der Waals surface area contributed by atoms with Crippen molar-refractivity contribution >= 4 is 20.0 Å². The lowest BCUT2D eigenvalue weighted by molar-refractivity contribution is 0.570. The molecule has 1 aliphatic rings. The van der Waals surface area contributed by atoms with E-state index in [9.17, 15) is 16.8 Å². The average molecular weight is 290 g/mol. The third-order valence-corrected chi connectivity index (χ3v) is 5.28. The monoisotopic (exact) mass is 290 g/mol. The van der Waals surface area contributed by atoms with Crippen LogP contribution in [-0.2, 0) is 20.0 Å². The second-order valence-electron chi connectivity index (χ2n) is 4.29. The summed E-state index contributed by atoms with van der Waals surface area (Å²) in [6.07, 6.45) is 2.00. The van der Waals surface area contributed by atoms with E-state index in [-0.39, 0.29) is 9.79 Å². The fourth-order valence-corrected chi connectivity index (χ4v) is 4.03. The molecule has 0 amide bonds. The van der Waals surface area contributed by atoms with Crippen LogP contribution in [0.15, 0.2) is 34.1 Å². The van der Waals surface area contributed by atoms with Crippen LogP contribution < -0.4 is 9.86 Å². The average Bonchev–Trinajstić information content (AvgIpc) is 3.09. The summed E-state index contributed by atoms with van der Waals surface area (Å²) in [5.41, 5.74) is 0. The van der Waals surface area contributed by atoms with Crippen molar-refractivity contribution in [1.29, 1.82) is 0 Å². The number of primary sulfonamides is 1. The number of nitrogens with two attached hydrogens (primary N) is 1. The van der Waals surface area contributed by atoms with Crippen LogP contribution in [0.3, 0.4) is 0 Å². The Morgan fingerprint density at radius 1 is 1.11 bits per heavy atom. The summed E-state index contributed by atoms with van der Waals surface area (Å²) in [6.45, 7) is 0.335. The number of benzene rings is 1. The topological polar surface area (TPSA) is 106 Å². The Morgan fingerprint density at radius 3 is 2.17 bits per heavy atom. The van der Waals surface area contributed by atoms with Gasteiger partial charge in [-0.05, 0) is 30.9 Å². The van der Waals surface area contributed by atoms with Crippen LogP contribution in [0.1, 0.15) is 12.8 Å². The van der Waals surface area contributed by atoms with Crippen molar-refractivity contribution in [2.24, 2.45) is 11.1 Å². The van der Waals surface area contributed by atoms with E-state index in [1.165, 1.54) is 24.3 Å². The molecule has 100 valence electrons. The lowest BCUT2D eigenvalue weighted by Gasteiger charge is -2.09. The maximum atomic E-state index is 12.0. The van der Waals surface area contributed by atoms with Gasteiger partial charge in [-0.1, -0.05) is 12.1 Å². The Hall–Kier alpha value is -0.960. The number of hydrogen-bond donors (Lipinski definition) is 2. The van der Waals surface area contributed by atoms with Crippen molar-refractivity contribution in [3.8, 4) is 0 Å². The zero-order valence-electron chi connectivity index (χ0n) is 9.53. The van der Waals surface area contributed by atoms with Crippen LogP contribution in [0.4, 0.5) is 0 Å². The molecule has 0 unspecified atom stereocenters. The number of hydrogen-bond acceptors (Lipinski definition) is 4. The van der Waals surface area contributed by atoms with Crippen molar-refractivity contribution in [2.45, 2.75) is 22.6 Å². The molecule has 8 heteroatoms. The molecule has 0 aliphatic heterocycles. The minimum Gasteiger partial charge on any atom is -0.225 e. The Labute approximate surface area is 106 Å². The minimum absolute atomic E-state index is 0.298. The molecule has 2 rings (SSSR count). The van der Waals surface area contributed by atoms with Crippen molar-refractivity contribution < 1.29 is 16.8 Å². The van der Waals surface area contributed by atoms with Gasteiger partial charge in [0.15, 0.2) is 0 Å². The van der Waals surface area contributed by atoms with Crippen LogP contribution >= 0.6 is 0 Å². The first-order valence-corrected chi connectivity index (χ1v) is 8.45. The molecule has 0 heterocycles. The number of rotatable bonds is 5. The third kappa shape index (κ3) is 3.08. The second kappa shape index (κ2) is 4.61. The normalized spacial score (nSPS) is 16.7. The van der Waals surface area contributed by atoms with Gasteiger partial charge in [0.2, 0.25) is 20.0 Å². The Bertz CT molecular complexity index is 648. The quantitative estimate of drug-likeness (QED) is 0.797. The summed E-state index contributed by atoms with van der Waals surface area (Å²) in [5, 5.41) is 5.00. The Morgan fingerprint density at radius 2 is 1.67 bits per heavy atom. The van der Waals surface area contributed by atoms with Crippen molar-refractivity contribution in [3.63, 3.8) is 0 Å². The van der Waals surface area contributed by atoms with Crippen LogP contribution in [0.2, 0.25) is 0 Å². The fraction of sp³-hybridized carbons (Fsp3) is 0.400. The van der Waals surface area contributed by atoms with Gasteiger partial charge in [0.05, 0.1) is 0 Å². The maximum Gasteiger partial charge on any atom is 0.241 e. The highest BCUT2D eigenvalue weighted by atomic mass is 32.2. The van der Waals surface area contributed by atoms with Gasteiger partial charge in [0.1, 0.15) is 9.79 Å². The van der Waals surface area contributed by atoms with Gasteiger partial charge in [-0.2, -0.15) is 0 Å². The van der Waals surface area contributed by atoms with Crippen LogP contribution in [-0.4, -0.2) is 23.4 Å². The summed E-state index contributed by atoms with van der Waals surface area (Å²) < 4.78 is 49.1. The molecule has 1 saturated carbocycles. The van der Waals surface area contributed by atoms with E-state index in [0.29, 0.717) is 12.5 Å². The van der Waals surface area contributed by atoms with Gasteiger partial charge in [-0.25, -0.2) is 26.7 Å². The first kappa shape index (κ1) is 13.5. The molecule has 1 fully saturated rings. The first-order chi connectivity index (χ1) is 8.31. The van der Waals surface area contributed by atoms with E-state index in [0.717, 1.165) is 12.8 Å². The molecule has 6 nitrogen and oxygen atoms in total. The van der Waals surface area contributed by atoms with Crippen LogP contribution in [0.25, 0.3) is 0 Å². The largest absolute Gasteiger partial charge is 0.241 e. The molecule has 0 aromatic heterocycles. The molecule has 1 aliphatic carbocycles. The molecular weight excluding hydrogens is 276 g/mol. The number of sulfonamides is 2. The maximum absolute atomic E-state index is 12.0. The first-order valence-electron chi connectivity index (χ1n) is 5.42. The van der Waals surface area contributed by atoms with E-state index >= 15 is 0 Å². The lowest BCUT2D eigenvalue weighted by Crippen LogP contribution is -2.28. The summed E-state index contributed by atoms with van der Waals surface area (Å²) in [5.74, 6) is 0.362. The minimum atomic E-state index is -4.06. The van der Waals surface area contributed by atoms with Gasteiger partial charge < -0.3 is 0 Å². The molecule has 18 heavy (non-hydrogen) atoms. The van der Waals surface area contributed by atoms with Gasteiger partial charge in [-0.3, -0.25) is 0 Å². The highest BCUT2D eigenvalue weighted by Crippen LogP contribution is 2.28. The zero-order valence-corrected chi connectivity index (χ0v) is 11.2. The van der Waals surface area contributed by atoms with Crippen molar-refractivity contribution in [2.75, 3.05) is 6.54 Å². The second-order valence-corrected chi connectivity index (χ2v) is 7.55. The van der Waals surface area contributed by atoms with Crippen LogP contribution in [0, 0.1) is 5.92 Å². The molecule has 0 bridgehead atoms. The smallest absolute Gasteiger partial charge is 0.225 e. The Kier molecular flexibility index (Phi) is 3.45. The molecule has 1 aromatic rings. The lowest BCUT2D eigenvalue weighted by atomic mass is 10.4. The van der Waals surface area contributed by atoms with E-state index in [1.54, 1.807) is 0 Å². The summed E-state index contributed by atoms with van der Waals surface area (Å²) in [7, 11) is -7.90. The summed E-state index contributed by atoms with van der Waals surface area (Å²) >= 11 is 0. The molecule has 3 N–H and O–H groups in total. The highest BCUT2D eigenvalue weighted by molar-refractivity contribution is 7.92. The SMILES string of the molecule is NS(=O)(=O)c1ccccc1S(=O)(=O)NCC1CC1. The predicted octanol–water partition coefficient (Wildman–Crippen LogP) is 0.0223. The fourth-order valence-electron chi connectivity index (χ4n) is 1.53. The predicted molar refractivity (Wildman–Crippen MR) is 65.7 cm³/mol. The highest BCUT2D eigenvalue weighted by Gasteiger charge is 2.27. The number of nitrogens with one attached hydrogen (secondary N) is 1. The Balaban J connectivity index is 2.37. The van der Waals surface area contributed by atoms with E-state index < -0.39 is 20.0 Å². The zero-order chi connectivity index (χ0) is 13.4. The summed E-state index contributed by atoms with van der Waals surface area (Å²) in [6, 6.07) is 5.30. The summed E-state index contributed by atoms with van der Waals surface area (Å²) in [4.78, 5) is -0.679. The van der Waals surface area contributed by atoms with Crippen LogP contribution in [0.5, 0.6) is 0 Å². The van der Waals surface area contributed by atoms with Crippen molar-refractivity contribution in [1.82, 2.24) is 4.72 Å². The molecule has 0 spiro atoms. The molecule has 1 aromatic carbocycles. The van der Waals surface area contributed by atoms with Gasteiger partial charge in [-0.15, -0.1) is 0 Å². The molecular formula is C10H14N2O4S2. The molecule has 0 atom stereocenters.